The van der Waals surface area contributed by atoms with E-state index in [2.05, 4.69) is 0 Å². The average molecular weight is 398 g/mol. The summed E-state index contributed by atoms with van der Waals surface area (Å²) < 4.78 is 15.4. The molecule has 12 nitrogen and oxygen atoms in total. The standard InChI is InChI=1S/C12H22O11.K.H2O/c13-1-4-6(16)8(18)9(19)11(21-4)23-12(3-15)10(20)7(17)5(2-14)22-12;;/h4-11,13-20H,1-3H2;;1H2/q;+1;/p-1/t4-,5-,6-,7-,8+,9-,10+,11-,12+;;/m1../s1. The van der Waals surface area contributed by atoms with E-state index < -0.39 is 74.6 Å². The summed E-state index contributed by atoms with van der Waals surface area (Å²) in [6, 6.07) is 0. The van der Waals surface area contributed by atoms with Crippen LogP contribution in [0.25, 0.3) is 0 Å². The second-order valence-electron chi connectivity index (χ2n) is 5.56. The molecule has 0 saturated carbocycles. The molecule has 0 aromatic rings. The summed E-state index contributed by atoms with van der Waals surface area (Å²) in [7, 11) is 0. The van der Waals surface area contributed by atoms with Gasteiger partial charge in [-0.05, 0) is 0 Å². The minimum absolute atomic E-state index is 0. The molecule has 13 heteroatoms. The van der Waals surface area contributed by atoms with Crippen molar-refractivity contribution in [1.82, 2.24) is 0 Å². The maximum absolute atomic E-state index is 10.00. The fourth-order valence-corrected chi connectivity index (χ4v) is 2.63. The van der Waals surface area contributed by atoms with Crippen LogP contribution >= 0.6 is 0 Å². The van der Waals surface area contributed by atoms with E-state index in [1.807, 2.05) is 0 Å². The molecule has 0 radical (unpaired) electrons. The van der Waals surface area contributed by atoms with Gasteiger partial charge in [-0.15, -0.1) is 0 Å². The van der Waals surface area contributed by atoms with Crippen LogP contribution < -0.4 is 51.4 Å². The molecule has 2 heterocycles. The molecule has 0 aromatic heterocycles. The van der Waals surface area contributed by atoms with Gasteiger partial charge in [0.1, 0.15) is 49.3 Å². The second kappa shape index (κ2) is 10.6. The molecule has 0 unspecified atom stereocenters. The normalized spacial score (nSPS) is 47.0. The smallest absolute Gasteiger partial charge is 0.870 e. The number of ether oxygens (including phenoxy) is 3. The van der Waals surface area contributed by atoms with E-state index in [0.29, 0.717) is 0 Å². The summed E-state index contributed by atoms with van der Waals surface area (Å²) in [4.78, 5) is 0. The Hall–Kier alpha value is 1.16. The summed E-state index contributed by atoms with van der Waals surface area (Å²) in [5.74, 6) is -2.22. The van der Waals surface area contributed by atoms with Crippen LogP contribution in [0.2, 0.25) is 0 Å². The van der Waals surface area contributed by atoms with Crippen molar-refractivity contribution in [1.29, 1.82) is 0 Å². The third-order valence-electron chi connectivity index (χ3n) is 4.07. The third kappa shape index (κ3) is 4.96. The molecule has 2 rings (SSSR count). The predicted molar refractivity (Wildman–Crippen MR) is 70.6 cm³/mol. The topological polar surface area (TPSA) is 220 Å². The fourth-order valence-electron chi connectivity index (χ4n) is 2.63. The van der Waals surface area contributed by atoms with E-state index in [1.165, 1.54) is 0 Å². The van der Waals surface area contributed by atoms with Crippen molar-refractivity contribution in [2.75, 3.05) is 19.8 Å². The van der Waals surface area contributed by atoms with Gasteiger partial charge >= 0.3 is 51.4 Å². The van der Waals surface area contributed by atoms with E-state index in [4.69, 9.17) is 24.4 Å². The Morgan fingerprint density at radius 3 is 1.80 bits per heavy atom. The largest absolute Gasteiger partial charge is 1.00 e. The zero-order chi connectivity index (χ0) is 17.4. The number of aliphatic hydroxyl groups excluding tert-OH is 8. The maximum Gasteiger partial charge on any atom is 1.00 e. The van der Waals surface area contributed by atoms with Gasteiger partial charge in [-0.3, -0.25) is 0 Å². The second-order valence-corrected chi connectivity index (χ2v) is 5.56. The van der Waals surface area contributed by atoms with Crippen LogP contribution in [0.15, 0.2) is 0 Å². The Morgan fingerprint density at radius 1 is 0.800 bits per heavy atom. The third-order valence-corrected chi connectivity index (χ3v) is 4.07. The molecule has 2 saturated heterocycles. The van der Waals surface area contributed by atoms with E-state index in [9.17, 15) is 30.6 Å². The number of hydrogen-bond acceptors (Lipinski definition) is 12. The Bertz CT molecular complexity index is 400. The molecule has 25 heavy (non-hydrogen) atoms. The van der Waals surface area contributed by atoms with Crippen LogP contribution in [0, 0.1) is 0 Å². The molecular formula is C12H23KO12. The first-order valence-corrected chi connectivity index (χ1v) is 7.05. The van der Waals surface area contributed by atoms with Gasteiger partial charge in [0.2, 0.25) is 5.79 Å². The van der Waals surface area contributed by atoms with Crippen LogP contribution in [-0.4, -0.2) is 121 Å². The molecule has 0 bridgehead atoms. The number of aliphatic hydroxyl groups is 8. The van der Waals surface area contributed by atoms with Crippen molar-refractivity contribution >= 4 is 0 Å². The van der Waals surface area contributed by atoms with Gasteiger partial charge in [-0.1, -0.05) is 0 Å². The Balaban J connectivity index is 0.00000288. The summed E-state index contributed by atoms with van der Waals surface area (Å²) in [5, 5.41) is 76.7. The zero-order valence-corrected chi connectivity index (χ0v) is 16.6. The molecule has 0 spiro atoms. The van der Waals surface area contributed by atoms with Gasteiger partial charge < -0.3 is 60.5 Å². The molecule has 2 fully saturated rings. The van der Waals surface area contributed by atoms with Gasteiger partial charge in [0.15, 0.2) is 6.29 Å². The summed E-state index contributed by atoms with van der Waals surface area (Å²) in [6.45, 7) is -2.32. The first-order chi connectivity index (χ1) is 10.8. The molecule has 0 aliphatic carbocycles. The van der Waals surface area contributed by atoms with Gasteiger partial charge in [0.05, 0.1) is 13.2 Å². The molecular weight excluding hydrogens is 375 g/mol. The summed E-state index contributed by atoms with van der Waals surface area (Å²) in [6.07, 6.45) is -12.7. The van der Waals surface area contributed by atoms with Crippen LogP contribution in [0.3, 0.4) is 0 Å². The van der Waals surface area contributed by atoms with Gasteiger partial charge in [-0.25, -0.2) is 0 Å². The molecule has 2 aliphatic rings. The first kappa shape index (κ1) is 26.2. The molecule has 9 atom stereocenters. The minimum Gasteiger partial charge on any atom is -0.870 e. The molecule has 0 aromatic carbocycles. The Kier molecular flexibility index (Phi) is 11.1. The first-order valence-electron chi connectivity index (χ1n) is 7.05. The van der Waals surface area contributed by atoms with Crippen molar-refractivity contribution in [2.24, 2.45) is 0 Å². The monoisotopic (exact) mass is 398 g/mol. The van der Waals surface area contributed by atoms with Gasteiger partial charge in [0.25, 0.3) is 0 Å². The van der Waals surface area contributed by atoms with Crippen molar-refractivity contribution in [3.8, 4) is 0 Å². The fraction of sp³-hybridized carbons (Fsp3) is 1.00. The summed E-state index contributed by atoms with van der Waals surface area (Å²) in [5.41, 5.74) is 0. The van der Waals surface area contributed by atoms with E-state index in [1.54, 1.807) is 0 Å². The van der Waals surface area contributed by atoms with Gasteiger partial charge in [0, 0.05) is 0 Å². The van der Waals surface area contributed by atoms with E-state index in [-0.39, 0.29) is 56.9 Å². The van der Waals surface area contributed by atoms with Gasteiger partial charge in [-0.2, -0.15) is 0 Å². The van der Waals surface area contributed by atoms with E-state index in [0.717, 1.165) is 0 Å². The average Bonchev–Trinajstić information content (AvgIpc) is 2.80. The number of rotatable bonds is 5. The number of hydrogen-bond donors (Lipinski definition) is 8. The van der Waals surface area contributed by atoms with Crippen molar-refractivity contribution in [3.05, 3.63) is 0 Å². The van der Waals surface area contributed by atoms with Crippen LogP contribution in [-0.2, 0) is 14.2 Å². The van der Waals surface area contributed by atoms with Crippen LogP contribution in [0.5, 0.6) is 0 Å². The SMILES string of the molecule is OC[C@H]1O[C@@](CO)(O[C@H]2O[C@H](CO)[C@@H](O)[C@H](O)[C@H]2O)[C@@H](O)[C@@H]1O.[K+].[OH-]. The summed E-state index contributed by atoms with van der Waals surface area (Å²) >= 11 is 0. The molecule has 9 N–H and O–H groups in total. The predicted octanol–water partition coefficient (Wildman–Crippen LogP) is -8.57. The zero-order valence-electron chi connectivity index (χ0n) is 13.5. The van der Waals surface area contributed by atoms with Crippen LogP contribution in [0.4, 0.5) is 0 Å². The molecule has 144 valence electrons. The van der Waals surface area contributed by atoms with Crippen molar-refractivity contribution < 1.29 is 112 Å². The Morgan fingerprint density at radius 2 is 1.36 bits per heavy atom. The Labute approximate surface area is 185 Å². The minimum atomic E-state index is -2.22. The van der Waals surface area contributed by atoms with Crippen molar-refractivity contribution in [2.45, 2.75) is 54.8 Å². The molecule has 2 aliphatic heterocycles. The van der Waals surface area contributed by atoms with E-state index >= 15 is 0 Å². The molecule has 0 amide bonds. The van der Waals surface area contributed by atoms with Crippen molar-refractivity contribution in [3.63, 3.8) is 0 Å². The quantitative estimate of drug-likeness (QED) is 0.202. The maximum atomic E-state index is 10.00. The van der Waals surface area contributed by atoms with Crippen LogP contribution in [0.1, 0.15) is 0 Å².